The SMILES string of the molecule is COc1cc(N(C)C2CCCN(Cc3ccc(Br)s3)C2)ncn1. The molecule has 3 heterocycles. The lowest BCUT2D eigenvalue weighted by Crippen LogP contribution is -2.46. The predicted molar refractivity (Wildman–Crippen MR) is 97.3 cm³/mol. The lowest BCUT2D eigenvalue weighted by atomic mass is 10.0. The molecule has 0 radical (unpaired) electrons. The van der Waals surface area contributed by atoms with Gasteiger partial charge in [0.1, 0.15) is 12.1 Å². The van der Waals surface area contributed by atoms with Crippen molar-refractivity contribution in [3.63, 3.8) is 0 Å². The molecule has 3 rings (SSSR count). The molecule has 0 bridgehead atoms. The van der Waals surface area contributed by atoms with Gasteiger partial charge in [0, 0.05) is 37.1 Å². The molecule has 2 aromatic rings. The summed E-state index contributed by atoms with van der Waals surface area (Å²) in [6.07, 6.45) is 3.96. The fraction of sp³-hybridized carbons (Fsp3) is 0.500. The summed E-state index contributed by atoms with van der Waals surface area (Å²) in [5, 5.41) is 0. The number of rotatable bonds is 5. The van der Waals surface area contributed by atoms with E-state index in [-0.39, 0.29) is 0 Å². The Bertz CT molecular complexity index is 651. The Morgan fingerprint density at radius 2 is 2.30 bits per heavy atom. The Kier molecular flexibility index (Phi) is 5.50. The minimum atomic E-state index is 0.465. The molecule has 1 atom stereocenters. The second-order valence-corrected chi connectivity index (χ2v) is 8.31. The summed E-state index contributed by atoms with van der Waals surface area (Å²) in [7, 11) is 3.74. The van der Waals surface area contributed by atoms with Crippen molar-refractivity contribution in [2.24, 2.45) is 0 Å². The molecule has 1 saturated heterocycles. The number of piperidine rings is 1. The monoisotopic (exact) mass is 396 g/mol. The fourth-order valence-electron chi connectivity index (χ4n) is 2.97. The van der Waals surface area contributed by atoms with Crippen molar-refractivity contribution in [2.45, 2.75) is 25.4 Å². The smallest absolute Gasteiger partial charge is 0.218 e. The number of halogens is 1. The molecule has 0 amide bonds. The highest BCUT2D eigenvalue weighted by atomic mass is 79.9. The second kappa shape index (κ2) is 7.59. The summed E-state index contributed by atoms with van der Waals surface area (Å²) < 4.78 is 6.40. The fourth-order valence-corrected chi connectivity index (χ4v) is 4.50. The number of hydrogen-bond donors (Lipinski definition) is 0. The first-order valence-corrected chi connectivity index (χ1v) is 9.32. The van der Waals surface area contributed by atoms with Gasteiger partial charge in [-0.1, -0.05) is 0 Å². The zero-order chi connectivity index (χ0) is 16.2. The standard InChI is InChI=1S/C16H21BrN4OS/c1-20(15-8-16(22-2)19-11-18-15)12-4-3-7-21(9-12)10-13-5-6-14(17)23-13/h5-6,8,11-12H,3-4,7,9-10H2,1-2H3. The van der Waals surface area contributed by atoms with Gasteiger partial charge in [-0.25, -0.2) is 9.97 Å². The van der Waals surface area contributed by atoms with Crippen LogP contribution in [0.5, 0.6) is 5.88 Å². The third-order valence-corrected chi connectivity index (χ3v) is 5.84. The number of likely N-dealkylation sites (N-methyl/N-ethyl adjacent to an activating group) is 1. The zero-order valence-electron chi connectivity index (χ0n) is 13.4. The molecule has 0 N–H and O–H groups in total. The van der Waals surface area contributed by atoms with Crippen molar-refractivity contribution in [3.05, 3.63) is 33.2 Å². The van der Waals surface area contributed by atoms with Crippen LogP contribution in [-0.2, 0) is 6.54 Å². The Labute approximate surface area is 149 Å². The second-order valence-electron chi connectivity index (χ2n) is 5.77. The number of likely N-dealkylation sites (tertiary alicyclic amines) is 1. The molecular formula is C16H21BrN4OS. The number of thiophene rings is 1. The average molecular weight is 397 g/mol. The van der Waals surface area contributed by atoms with Crippen LogP contribution in [0.15, 0.2) is 28.3 Å². The Balaban J connectivity index is 1.65. The highest BCUT2D eigenvalue weighted by Gasteiger charge is 2.24. The van der Waals surface area contributed by atoms with Gasteiger partial charge in [-0.15, -0.1) is 11.3 Å². The molecule has 0 saturated carbocycles. The molecule has 124 valence electrons. The van der Waals surface area contributed by atoms with Crippen molar-refractivity contribution in [3.8, 4) is 5.88 Å². The number of ether oxygens (including phenoxy) is 1. The maximum Gasteiger partial charge on any atom is 0.218 e. The van der Waals surface area contributed by atoms with Crippen LogP contribution in [0.3, 0.4) is 0 Å². The quantitative estimate of drug-likeness (QED) is 0.774. The van der Waals surface area contributed by atoms with Crippen LogP contribution in [0.1, 0.15) is 17.7 Å². The molecule has 1 fully saturated rings. The van der Waals surface area contributed by atoms with Gasteiger partial charge in [-0.3, -0.25) is 4.90 Å². The molecule has 1 unspecified atom stereocenters. The van der Waals surface area contributed by atoms with Gasteiger partial charge in [0.2, 0.25) is 5.88 Å². The van der Waals surface area contributed by atoms with E-state index in [0.29, 0.717) is 11.9 Å². The van der Waals surface area contributed by atoms with E-state index in [1.54, 1.807) is 13.4 Å². The lowest BCUT2D eigenvalue weighted by molar-refractivity contribution is 0.200. The lowest BCUT2D eigenvalue weighted by Gasteiger charge is -2.38. The number of nitrogens with zero attached hydrogens (tertiary/aromatic N) is 4. The molecule has 7 heteroatoms. The van der Waals surface area contributed by atoms with Crippen LogP contribution in [-0.4, -0.2) is 48.2 Å². The molecule has 1 aliphatic heterocycles. The van der Waals surface area contributed by atoms with Crippen molar-refractivity contribution >= 4 is 33.1 Å². The van der Waals surface area contributed by atoms with Crippen molar-refractivity contribution in [1.29, 1.82) is 0 Å². The summed E-state index contributed by atoms with van der Waals surface area (Å²) in [6, 6.07) is 6.69. The molecule has 5 nitrogen and oxygen atoms in total. The normalized spacial score (nSPS) is 18.8. The summed E-state index contributed by atoms with van der Waals surface area (Å²) >= 11 is 5.36. The van der Waals surface area contributed by atoms with Crippen LogP contribution in [0.4, 0.5) is 5.82 Å². The Morgan fingerprint density at radius 3 is 3.04 bits per heavy atom. The van der Waals surface area contributed by atoms with Gasteiger partial charge < -0.3 is 9.64 Å². The topological polar surface area (TPSA) is 41.5 Å². The first-order valence-electron chi connectivity index (χ1n) is 7.71. The van der Waals surface area contributed by atoms with Gasteiger partial charge in [-0.05, 0) is 47.4 Å². The predicted octanol–water partition coefficient (Wildman–Crippen LogP) is 3.41. The summed E-state index contributed by atoms with van der Waals surface area (Å²) in [5.41, 5.74) is 0. The van der Waals surface area contributed by atoms with Crippen LogP contribution in [0.25, 0.3) is 0 Å². The first-order chi connectivity index (χ1) is 11.2. The zero-order valence-corrected chi connectivity index (χ0v) is 15.8. The molecule has 1 aliphatic rings. The van der Waals surface area contributed by atoms with Crippen LogP contribution in [0.2, 0.25) is 0 Å². The van der Waals surface area contributed by atoms with E-state index >= 15 is 0 Å². The average Bonchev–Trinajstić information content (AvgIpc) is 2.99. The molecule has 23 heavy (non-hydrogen) atoms. The van der Waals surface area contributed by atoms with Crippen molar-refractivity contribution in [1.82, 2.24) is 14.9 Å². The van der Waals surface area contributed by atoms with Crippen LogP contribution in [0, 0.1) is 0 Å². The molecular weight excluding hydrogens is 376 g/mol. The van der Waals surface area contributed by atoms with Gasteiger partial charge in [0.05, 0.1) is 10.9 Å². The number of methoxy groups -OCH3 is 1. The number of hydrogen-bond acceptors (Lipinski definition) is 6. The van der Waals surface area contributed by atoms with E-state index in [0.717, 1.165) is 25.5 Å². The van der Waals surface area contributed by atoms with Crippen LogP contribution < -0.4 is 9.64 Å². The highest BCUT2D eigenvalue weighted by Crippen LogP contribution is 2.26. The molecule has 0 aromatic carbocycles. The number of aromatic nitrogens is 2. The van der Waals surface area contributed by atoms with Gasteiger partial charge >= 0.3 is 0 Å². The van der Waals surface area contributed by atoms with Gasteiger partial charge in [0.25, 0.3) is 0 Å². The van der Waals surface area contributed by atoms with E-state index in [2.05, 4.69) is 54.9 Å². The Hall–Kier alpha value is -1.18. The van der Waals surface area contributed by atoms with E-state index in [4.69, 9.17) is 4.74 Å². The minimum absolute atomic E-state index is 0.465. The Morgan fingerprint density at radius 1 is 1.43 bits per heavy atom. The minimum Gasteiger partial charge on any atom is -0.481 e. The molecule has 2 aromatic heterocycles. The van der Waals surface area contributed by atoms with E-state index in [1.165, 1.54) is 21.5 Å². The summed E-state index contributed by atoms with van der Waals surface area (Å²) in [4.78, 5) is 14.7. The van der Waals surface area contributed by atoms with Crippen molar-refractivity contribution in [2.75, 3.05) is 32.1 Å². The van der Waals surface area contributed by atoms with Gasteiger partial charge in [-0.2, -0.15) is 0 Å². The maximum absolute atomic E-state index is 5.20. The third kappa shape index (κ3) is 4.22. The molecule has 0 spiro atoms. The third-order valence-electron chi connectivity index (χ3n) is 4.23. The first kappa shape index (κ1) is 16.7. The summed E-state index contributed by atoms with van der Waals surface area (Å²) in [6.45, 7) is 3.24. The largest absolute Gasteiger partial charge is 0.481 e. The molecule has 0 aliphatic carbocycles. The van der Waals surface area contributed by atoms with E-state index in [9.17, 15) is 0 Å². The highest BCUT2D eigenvalue weighted by molar-refractivity contribution is 9.11. The summed E-state index contributed by atoms with van der Waals surface area (Å²) in [5.74, 6) is 1.53. The number of anilines is 1. The van der Waals surface area contributed by atoms with Crippen LogP contribution >= 0.6 is 27.3 Å². The van der Waals surface area contributed by atoms with Crippen molar-refractivity contribution < 1.29 is 4.74 Å². The van der Waals surface area contributed by atoms with E-state index in [1.807, 2.05) is 17.4 Å². The van der Waals surface area contributed by atoms with Gasteiger partial charge in [0.15, 0.2) is 0 Å². The maximum atomic E-state index is 5.20. The van der Waals surface area contributed by atoms with E-state index < -0.39 is 0 Å².